The summed E-state index contributed by atoms with van der Waals surface area (Å²) in [5.74, 6) is 0. The lowest BCUT2D eigenvalue weighted by Gasteiger charge is -2.05. The second-order valence-electron chi connectivity index (χ2n) is 4.73. The highest BCUT2D eigenvalue weighted by atomic mass is 35.5. The third kappa shape index (κ3) is 2.36. The Hall–Kier alpha value is -1.48. The lowest BCUT2D eigenvalue weighted by Crippen LogP contribution is -1.98. The van der Waals surface area contributed by atoms with Gasteiger partial charge in [-0.3, -0.25) is 4.98 Å². The molecular formula is C14H20ClN3. The van der Waals surface area contributed by atoms with Crippen LogP contribution in [-0.4, -0.2) is 9.55 Å². The second-order valence-corrected chi connectivity index (χ2v) is 4.73. The van der Waals surface area contributed by atoms with E-state index in [1.165, 1.54) is 16.8 Å². The fraction of sp³-hybridized carbons (Fsp3) is 0.357. The molecule has 0 radical (unpaired) electrons. The first kappa shape index (κ1) is 14.6. The number of nitrogens with two attached hydrogens (primary N) is 1. The van der Waals surface area contributed by atoms with E-state index in [0.717, 1.165) is 23.1 Å². The molecule has 2 N–H and O–H groups in total. The van der Waals surface area contributed by atoms with Crippen LogP contribution in [0.2, 0.25) is 0 Å². The number of halogens is 1. The monoisotopic (exact) mass is 265 g/mol. The highest BCUT2D eigenvalue weighted by Gasteiger charge is 2.12. The topological polar surface area (TPSA) is 43.8 Å². The average molecular weight is 266 g/mol. The van der Waals surface area contributed by atoms with E-state index in [4.69, 9.17) is 5.73 Å². The molecule has 0 spiro atoms. The third-order valence-electron chi connectivity index (χ3n) is 3.25. The molecule has 0 saturated carbocycles. The Kier molecular flexibility index (Phi) is 4.41. The summed E-state index contributed by atoms with van der Waals surface area (Å²) in [6.07, 6.45) is 5.83. The Labute approximate surface area is 114 Å². The molecule has 18 heavy (non-hydrogen) atoms. The number of nitrogen functional groups attached to an aromatic ring is 1. The van der Waals surface area contributed by atoms with Crippen molar-refractivity contribution < 1.29 is 0 Å². The molecule has 0 bridgehead atoms. The van der Waals surface area contributed by atoms with Crippen LogP contribution in [0, 0.1) is 13.8 Å². The zero-order chi connectivity index (χ0) is 12.6. The molecule has 2 aromatic rings. The van der Waals surface area contributed by atoms with E-state index in [1.807, 2.05) is 6.20 Å². The van der Waals surface area contributed by atoms with Gasteiger partial charge in [-0.15, -0.1) is 12.4 Å². The summed E-state index contributed by atoms with van der Waals surface area (Å²) in [5.41, 5.74) is 11.7. The van der Waals surface area contributed by atoms with Crippen LogP contribution in [0.25, 0.3) is 10.9 Å². The molecule has 2 aromatic heterocycles. The summed E-state index contributed by atoms with van der Waals surface area (Å²) in [5, 5.41) is 1.14. The predicted octanol–water partition coefficient (Wildman–Crippen LogP) is 3.62. The average Bonchev–Trinajstić information content (AvgIpc) is 2.51. The van der Waals surface area contributed by atoms with Gasteiger partial charge in [-0.05, 0) is 33.3 Å². The van der Waals surface area contributed by atoms with Gasteiger partial charge < -0.3 is 10.3 Å². The standard InChI is InChI=1S/C14H19N3.ClH/c1-9(2)5-6-17-11(4)10(3)14-12(15)7-16-8-13(14)17;/h5,7-8H,6,15H2,1-4H3;1H. The first-order valence-electron chi connectivity index (χ1n) is 5.84. The van der Waals surface area contributed by atoms with Crippen LogP contribution in [0.15, 0.2) is 24.0 Å². The molecule has 0 aliphatic rings. The molecule has 0 amide bonds. The van der Waals surface area contributed by atoms with E-state index in [2.05, 4.69) is 43.3 Å². The predicted molar refractivity (Wildman–Crippen MR) is 80.3 cm³/mol. The van der Waals surface area contributed by atoms with Gasteiger partial charge in [0, 0.05) is 17.6 Å². The number of hydrogen-bond donors (Lipinski definition) is 1. The van der Waals surface area contributed by atoms with Gasteiger partial charge in [-0.25, -0.2) is 0 Å². The van der Waals surface area contributed by atoms with E-state index in [0.29, 0.717) is 0 Å². The summed E-state index contributed by atoms with van der Waals surface area (Å²) >= 11 is 0. The minimum Gasteiger partial charge on any atom is -0.397 e. The molecule has 0 fully saturated rings. The molecule has 0 aliphatic carbocycles. The Bertz CT molecular complexity index is 593. The van der Waals surface area contributed by atoms with E-state index in [-0.39, 0.29) is 12.4 Å². The zero-order valence-electron chi connectivity index (χ0n) is 11.3. The highest BCUT2D eigenvalue weighted by Crippen LogP contribution is 2.28. The maximum atomic E-state index is 6.00. The zero-order valence-corrected chi connectivity index (χ0v) is 12.1. The second kappa shape index (κ2) is 5.44. The molecule has 0 atom stereocenters. The maximum Gasteiger partial charge on any atom is 0.0695 e. The van der Waals surface area contributed by atoms with Gasteiger partial charge in [-0.1, -0.05) is 11.6 Å². The van der Waals surface area contributed by atoms with Crippen molar-refractivity contribution in [1.29, 1.82) is 0 Å². The number of rotatable bonds is 2. The van der Waals surface area contributed by atoms with Crippen molar-refractivity contribution in [2.75, 3.05) is 5.73 Å². The van der Waals surface area contributed by atoms with E-state index >= 15 is 0 Å². The minimum atomic E-state index is 0. The number of allylic oxidation sites excluding steroid dienone is 2. The van der Waals surface area contributed by atoms with Crippen molar-refractivity contribution >= 4 is 29.0 Å². The molecule has 2 rings (SSSR count). The fourth-order valence-electron chi connectivity index (χ4n) is 2.15. The van der Waals surface area contributed by atoms with Crippen LogP contribution in [0.5, 0.6) is 0 Å². The van der Waals surface area contributed by atoms with E-state index in [1.54, 1.807) is 6.20 Å². The fourth-order valence-corrected chi connectivity index (χ4v) is 2.15. The normalized spacial score (nSPS) is 10.2. The van der Waals surface area contributed by atoms with Gasteiger partial charge >= 0.3 is 0 Å². The van der Waals surface area contributed by atoms with Gasteiger partial charge in [0.2, 0.25) is 0 Å². The molecule has 2 heterocycles. The summed E-state index contributed by atoms with van der Waals surface area (Å²) in [6, 6.07) is 0. The van der Waals surface area contributed by atoms with Gasteiger partial charge in [0.15, 0.2) is 0 Å². The molecule has 98 valence electrons. The quantitative estimate of drug-likeness (QED) is 0.843. The third-order valence-corrected chi connectivity index (χ3v) is 3.25. The van der Waals surface area contributed by atoms with Crippen molar-refractivity contribution in [2.45, 2.75) is 34.2 Å². The molecule has 0 aliphatic heterocycles. The number of nitrogens with zero attached hydrogens (tertiary/aromatic N) is 2. The Morgan fingerprint density at radius 1 is 1.33 bits per heavy atom. The smallest absolute Gasteiger partial charge is 0.0695 e. The van der Waals surface area contributed by atoms with Gasteiger partial charge in [0.1, 0.15) is 0 Å². The van der Waals surface area contributed by atoms with E-state index < -0.39 is 0 Å². The first-order chi connectivity index (χ1) is 8.02. The van der Waals surface area contributed by atoms with Crippen LogP contribution in [0.4, 0.5) is 5.69 Å². The molecular weight excluding hydrogens is 246 g/mol. The summed E-state index contributed by atoms with van der Waals surface area (Å²) in [6.45, 7) is 9.35. The minimum absolute atomic E-state index is 0. The van der Waals surface area contributed by atoms with Gasteiger partial charge in [0.25, 0.3) is 0 Å². The molecule has 0 aromatic carbocycles. The Morgan fingerprint density at radius 3 is 2.61 bits per heavy atom. The van der Waals surface area contributed by atoms with Crippen molar-refractivity contribution in [3.05, 3.63) is 35.3 Å². The van der Waals surface area contributed by atoms with Crippen LogP contribution >= 0.6 is 12.4 Å². The summed E-state index contributed by atoms with van der Waals surface area (Å²) in [4.78, 5) is 4.19. The molecule has 3 nitrogen and oxygen atoms in total. The highest BCUT2D eigenvalue weighted by molar-refractivity contribution is 5.94. The Morgan fingerprint density at radius 2 is 2.00 bits per heavy atom. The van der Waals surface area contributed by atoms with Crippen molar-refractivity contribution in [1.82, 2.24) is 9.55 Å². The van der Waals surface area contributed by atoms with Crippen molar-refractivity contribution in [3.63, 3.8) is 0 Å². The molecule has 0 saturated heterocycles. The SMILES string of the molecule is CC(C)=CCn1c(C)c(C)c2c(N)cncc21.Cl. The van der Waals surface area contributed by atoms with Crippen LogP contribution < -0.4 is 5.73 Å². The number of pyridine rings is 1. The van der Waals surface area contributed by atoms with Crippen LogP contribution in [0.3, 0.4) is 0 Å². The number of fused-ring (bicyclic) bond motifs is 1. The van der Waals surface area contributed by atoms with Gasteiger partial charge in [-0.2, -0.15) is 0 Å². The largest absolute Gasteiger partial charge is 0.397 e. The van der Waals surface area contributed by atoms with Crippen molar-refractivity contribution in [3.8, 4) is 0 Å². The molecule has 0 unspecified atom stereocenters. The Balaban J connectivity index is 0.00000162. The van der Waals surface area contributed by atoms with E-state index in [9.17, 15) is 0 Å². The van der Waals surface area contributed by atoms with Crippen LogP contribution in [0.1, 0.15) is 25.1 Å². The number of aryl methyl sites for hydroxylation is 1. The van der Waals surface area contributed by atoms with Gasteiger partial charge in [0.05, 0.1) is 23.6 Å². The lowest BCUT2D eigenvalue weighted by molar-refractivity contribution is 0.816. The number of anilines is 1. The first-order valence-corrected chi connectivity index (χ1v) is 5.84. The maximum absolute atomic E-state index is 6.00. The summed E-state index contributed by atoms with van der Waals surface area (Å²) < 4.78 is 2.26. The number of aromatic nitrogens is 2. The number of hydrogen-bond acceptors (Lipinski definition) is 2. The van der Waals surface area contributed by atoms with Crippen molar-refractivity contribution in [2.24, 2.45) is 0 Å². The van der Waals surface area contributed by atoms with Crippen LogP contribution in [-0.2, 0) is 6.54 Å². The summed E-state index contributed by atoms with van der Waals surface area (Å²) in [7, 11) is 0. The molecule has 4 heteroatoms. The lowest BCUT2D eigenvalue weighted by atomic mass is 10.2.